The van der Waals surface area contributed by atoms with Gasteiger partial charge in [0, 0.05) is 31.8 Å². The van der Waals surface area contributed by atoms with E-state index in [0.29, 0.717) is 5.56 Å². The van der Waals surface area contributed by atoms with Gasteiger partial charge in [-0.1, -0.05) is 18.2 Å². The molecule has 0 saturated carbocycles. The van der Waals surface area contributed by atoms with Crippen molar-refractivity contribution in [2.75, 3.05) is 14.1 Å². The molecule has 1 amide bonds. The molecule has 0 aliphatic rings. The zero-order valence-corrected chi connectivity index (χ0v) is 15.4. The molecular formula is C17H19N3O5S. The minimum Gasteiger partial charge on any atom is -0.346 e. The number of carbonyl (C=O) groups is 1. The highest BCUT2D eigenvalue weighted by Gasteiger charge is 2.18. The molecule has 0 aliphatic heterocycles. The zero-order valence-electron chi connectivity index (χ0n) is 14.5. The summed E-state index contributed by atoms with van der Waals surface area (Å²) < 4.78 is 25.2. The SMILES string of the molecule is CC(NC(=O)c1cccc([N+](=O)[O-])c1)c1ccc(S(=O)(=O)N(C)C)cc1. The second-order valence-electron chi connectivity index (χ2n) is 5.86. The third-order valence-corrected chi connectivity index (χ3v) is 5.65. The molecule has 2 aromatic rings. The van der Waals surface area contributed by atoms with Gasteiger partial charge < -0.3 is 5.32 Å². The van der Waals surface area contributed by atoms with Crippen molar-refractivity contribution in [3.05, 3.63) is 69.8 Å². The van der Waals surface area contributed by atoms with Crippen LogP contribution in [-0.2, 0) is 10.0 Å². The van der Waals surface area contributed by atoms with Crippen LogP contribution in [0.4, 0.5) is 5.69 Å². The molecule has 0 radical (unpaired) electrons. The molecular weight excluding hydrogens is 358 g/mol. The summed E-state index contributed by atoms with van der Waals surface area (Å²) in [4.78, 5) is 22.7. The van der Waals surface area contributed by atoms with Crippen LogP contribution >= 0.6 is 0 Å². The first-order valence-electron chi connectivity index (χ1n) is 7.70. The molecule has 2 aromatic carbocycles. The fraction of sp³-hybridized carbons (Fsp3) is 0.235. The number of non-ortho nitro benzene ring substituents is 1. The first-order chi connectivity index (χ1) is 12.1. The lowest BCUT2D eigenvalue weighted by Crippen LogP contribution is -2.27. The highest BCUT2D eigenvalue weighted by atomic mass is 32.2. The van der Waals surface area contributed by atoms with Gasteiger partial charge in [-0.05, 0) is 30.7 Å². The van der Waals surface area contributed by atoms with E-state index in [0.717, 1.165) is 4.31 Å². The second kappa shape index (κ2) is 7.63. The Morgan fingerprint density at radius 3 is 2.31 bits per heavy atom. The Bertz CT molecular complexity index is 924. The summed E-state index contributed by atoms with van der Waals surface area (Å²) in [7, 11) is -0.617. The highest BCUT2D eigenvalue weighted by molar-refractivity contribution is 7.89. The summed E-state index contributed by atoms with van der Waals surface area (Å²) in [5, 5.41) is 13.5. The molecule has 0 aromatic heterocycles. The molecule has 0 spiro atoms. The van der Waals surface area contributed by atoms with Gasteiger partial charge in [-0.3, -0.25) is 14.9 Å². The topological polar surface area (TPSA) is 110 Å². The fourth-order valence-electron chi connectivity index (χ4n) is 2.26. The highest BCUT2D eigenvalue weighted by Crippen LogP contribution is 2.19. The maximum absolute atomic E-state index is 12.3. The molecule has 0 fully saturated rings. The van der Waals surface area contributed by atoms with Crippen molar-refractivity contribution >= 4 is 21.6 Å². The van der Waals surface area contributed by atoms with Crippen LogP contribution in [-0.4, -0.2) is 37.6 Å². The van der Waals surface area contributed by atoms with Crippen LogP contribution in [0.15, 0.2) is 53.4 Å². The quantitative estimate of drug-likeness (QED) is 0.614. The van der Waals surface area contributed by atoms with Crippen molar-refractivity contribution in [3.8, 4) is 0 Å². The monoisotopic (exact) mass is 377 g/mol. The number of benzene rings is 2. The Hall–Kier alpha value is -2.78. The van der Waals surface area contributed by atoms with E-state index in [9.17, 15) is 23.3 Å². The molecule has 0 saturated heterocycles. The fourth-order valence-corrected chi connectivity index (χ4v) is 3.16. The predicted octanol–water partition coefficient (Wildman–Crippen LogP) is 2.34. The largest absolute Gasteiger partial charge is 0.346 e. The molecule has 1 atom stereocenters. The van der Waals surface area contributed by atoms with Crippen LogP contribution in [0.25, 0.3) is 0 Å². The van der Waals surface area contributed by atoms with Crippen molar-refractivity contribution in [3.63, 3.8) is 0 Å². The number of hydrogen-bond acceptors (Lipinski definition) is 5. The Balaban J connectivity index is 2.15. The Kier molecular flexibility index (Phi) is 5.73. The van der Waals surface area contributed by atoms with Crippen molar-refractivity contribution in [2.24, 2.45) is 0 Å². The van der Waals surface area contributed by atoms with Gasteiger partial charge in [0.05, 0.1) is 15.9 Å². The summed E-state index contributed by atoms with van der Waals surface area (Å²) in [6, 6.07) is 11.2. The van der Waals surface area contributed by atoms with Gasteiger partial charge in [-0.15, -0.1) is 0 Å². The molecule has 138 valence electrons. The van der Waals surface area contributed by atoms with Crippen LogP contribution < -0.4 is 5.32 Å². The van der Waals surface area contributed by atoms with Gasteiger partial charge in [0.25, 0.3) is 11.6 Å². The average molecular weight is 377 g/mol. The number of nitrogens with zero attached hydrogens (tertiary/aromatic N) is 2. The predicted molar refractivity (Wildman–Crippen MR) is 96.3 cm³/mol. The summed E-state index contributed by atoms with van der Waals surface area (Å²) >= 11 is 0. The van der Waals surface area contributed by atoms with Crippen LogP contribution in [0.3, 0.4) is 0 Å². The Labute approximate surface area is 151 Å². The number of nitro benzene ring substituents is 1. The number of nitro groups is 1. The lowest BCUT2D eigenvalue weighted by molar-refractivity contribution is -0.384. The van der Waals surface area contributed by atoms with E-state index >= 15 is 0 Å². The normalized spacial score (nSPS) is 12.6. The molecule has 1 N–H and O–H groups in total. The van der Waals surface area contributed by atoms with Gasteiger partial charge in [0.2, 0.25) is 10.0 Å². The minimum atomic E-state index is -3.52. The molecule has 9 heteroatoms. The lowest BCUT2D eigenvalue weighted by atomic mass is 10.1. The maximum atomic E-state index is 12.3. The second-order valence-corrected chi connectivity index (χ2v) is 8.01. The van der Waals surface area contributed by atoms with Gasteiger partial charge in [-0.2, -0.15) is 0 Å². The molecule has 0 bridgehead atoms. The summed E-state index contributed by atoms with van der Waals surface area (Å²) in [5.74, 6) is -0.453. The van der Waals surface area contributed by atoms with Gasteiger partial charge in [0.1, 0.15) is 0 Å². The Morgan fingerprint density at radius 1 is 1.15 bits per heavy atom. The first-order valence-corrected chi connectivity index (χ1v) is 9.14. The molecule has 0 aliphatic carbocycles. The third-order valence-electron chi connectivity index (χ3n) is 3.83. The van der Waals surface area contributed by atoms with Crippen molar-refractivity contribution < 1.29 is 18.1 Å². The number of amides is 1. The Morgan fingerprint density at radius 2 is 1.77 bits per heavy atom. The van der Waals surface area contributed by atoms with Gasteiger partial charge in [0.15, 0.2) is 0 Å². The van der Waals surface area contributed by atoms with Crippen LogP contribution in [0, 0.1) is 10.1 Å². The van der Waals surface area contributed by atoms with E-state index < -0.39 is 26.9 Å². The molecule has 1 unspecified atom stereocenters. The standard InChI is InChI=1S/C17H19N3O5S/c1-12(13-7-9-16(10-8-13)26(24,25)19(2)3)18-17(21)14-5-4-6-15(11-14)20(22)23/h4-12H,1-3H3,(H,18,21). The third kappa shape index (κ3) is 4.24. The number of rotatable bonds is 6. The molecule has 26 heavy (non-hydrogen) atoms. The molecule has 8 nitrogen and oxygen atoms in total. The average Bonchev–Trinajstić information content (AvgIpc) is 2.61. The van der Waals surface area contributed by atoms with Crippen molar-refractivity contribution in [1.82, 2.24) is 9.62 Å². The lowest BCUT2D eigenvalue weighted by Gasteiger charge is -2.16. The molecule has 2 rings (SSSR count). The summed E-state index contributed by atoms with van der Waals surface area (Å²) in [6.45, 7) is 1.74. The van der Waals surface area contributed by atoms with Crippen molar-refractivity contribution in [1.29, 1.82) is 0 Å². The van der Waals surface area contributed by atoms with E-state index in [2.05, 4.69) is 5.32 Å². The van der Waals surface area contributed by atoms with E-state index in [1.165, 1.54) is 50.5 Å². The molecule has 0 heterocycles. The maximum Gasteiger partial charge on any atom is 0.270 e. The number of hydrogen-bond donors (Lipinski definition) is 1. The van der Waals surface area contributed by atoms with Gasteiger partial charge in [-0.25, -0.2) is 12.7 Å². The number of sulfonamides is 1. The minimum absolute atomic E-state index is 0.156. The van der Waals surface area contributed by atoms with Crippen LogP contribution in [0.2, 0.25) is 0 Å². The number of nitrogens with one attached hydrogen (secondary N) is 1. The first kappa shape index (κ1) is 19.5. The van der Waals surface area contributed by atoms with Gasteiger partial charge >= 0.3 is 0 Å². The van der Waals surface area contributed by atoms with Crippen molar-refractivity contribution in [2.45, 2.75) is 17.9 Å². The summed E-state index contributed by atoms with van der Waals surface area (Å²) in [6.07, 6.45) is 0. The van der Waals surface area contributed by atoms with Crippen LogP contribution in [0.1, 0.15) is 28.9 Å². The van der Waals surface area contributed by atoms with E-state index in [1.54, 1.807) is 19.1 Å². The van der Waals surface area contributed by atoms with E-state index in [1.807, 2.05) is 0 Å². The van der Waals surface area contributed by atoms with Crippen LogP contribution in [0.5, 0.6) is 0 Å². The van der Waals surface area contributed by atoms with E-state index in [4.69, 9.17) is 0 Å². The van der Waals surface area contributed by atoms with E-state index in [-0.39, 0.29) is 16.1 Å². The zero-order chi connectivity index (χ0) is 19.5. The number of carbonyl (C=O) groups excluding carboxylic acids is 1. The summed E-state index contributed by atoms with van der Waals surface area (Å²) in [5.41, 5.74) is 0.725. The smallest absolute Gasteiger partial charge is 0.270 e.